The van der Waals surface area contributed by atoms with E-state index in [9.17, 15) is 9.18 Å². The van der Waals surface area contributed by atoms with Crippen LogP contribution in [0.15, 0.2) is 50.6 Å². The minimum Gasteiger partial charge on any atom is -0.448 e. The second kappa shape index (κ2) is 5.59. The molecule has 1 aromatic carbocycles. The Hall–Kier alpha value is -1.95. The molecule has 0 aliphatic carbocycles. The molecule has 0 unspecified atom stereocenters. The van der Waals surface area contributed by atoms with E-state index in [2.05, 4.69) is 26.5 Å². The molecule has 2 rings (SSSR count). The van der Waals surface area contributed by atoms with Gasteiger partial charge in [0.2, 0.25) is 0 Å². The molecule has 6 heteroatoms. The van der Waals surface area contributed by atoms with Crippen molar-refractivity contribution in [3.8, 4) is 0 Å². The average Bonchev–Trinajstić information content (AvgIpc) is 2.75. The molecular formula is C12H8BrFN2O2. The number of hydrogen-bond donors (Lipinski definition) is 1. The lowest BCUT2D eigenvalue weighted by molar-refractivity contribution is 0.0951. The van der Waals surface area contributed by atoms with Crippen LogP contribution < -0.4 is 5.43 Å². The second-order valence-corrected chi connectivity index (χ2v) is 4.10. The monoisotopic (exact) mass is 310 g/mol. The van der Waals surface area contributed by atoms with Crippen molar-refractivity contribution >= 4 is 28.1 Å². The maximum atomic E-state index is 13.3. The molecule has 0 saturated heterocycles. The zero-order valence-corrected chi connectivity index (χ0v) is 10.6. The number of carbonyl (C=O) groups excluding carboxylic acids is 1. The normalized spacial score (nSPS) is 10.8. The van der Waals surface area contributed by atoms with Gasteiger partial charge in [0.1, 0.15) is 11.6 Å². The molecule has 0 bridgehead atoms. The standard InChI is InChI=1S/C12H8BrFN2O2/c13-11-6-5-8(18-11)7-15-16-12(17)9-3-1-2-4-10(9)14/h1-7H,(H,16,17)/b15-7-. The molecule has 0 radical (unpaired) electrons. The Labute approximate surface area is 111 Å². The van der Waals surface area contributed by atoms with Crippen molar-refractivity contribution in [2.45, 2.75) is 0 Å². The van der Waals surface area contributed by atoms with E-state index in [0.29, 0.717) is 10.4 Å². The maximum absolute atomic E-state index is 13.3. The largest absolute Gasteiger partial charge is 0.448 e. The molecule has 2 aromatic rings. The van der Waals surface area contributed by atoms with Gasteiger partial charge in [-0.05, 0) is 40.2 Å². The molecular weight excluding hydrogens is 303 g/mol. The minimum atomic E-state index is -0.616. The third kappa shape index (κ3) is 3.04. The lowest BCUT2D eigenvalue weighted by atomic mass is 10.2. The number of hydrogen-bond acceptors (Lipinski definition) is 3. The average molecular weight is 311 g/mol. The molecule has 0 aliphatic heterocycles. The molecule has 1 N–H and O–H groups in total. The first-order chi connectivity index (χ1) is 8.66. The van der Waals surface area contributed by atoms with Gasteiger partial charge in [0.25, 0.3) is 5.91 Å². The Bertz CT molecular complexity index is 595. The first-order valence-electron chi connectivity index (χ1n) is 5.00. The van der Waals surface area contributed by atoms with Crippen LogP contribution in [0.5, 0.6) is 0 Å². The highest BCUT2D eigenvalue weighted by Crippen LogP contribution is 2.12. The fraction of sp³-hybridized carbons (Fsp3) is 0. The summed E-state index contributed by atoms with van der Waals surface area (Å²) in [5.74, 6) is -0.739. The van der Waals surface area contributed by atoms with Gasteiger partial charge in [0.15, 0.2) is 4.67 Å². The van der Waals surface area contributed by atoms with Gasteiger partial charge in [-0.1, -0.05) is 12.1 Å². The molecule has 0 aliphatic rings. The van der Waals surface area contributed by atoms with E-state index in [1.54, 1.807) is 18.2 Å². The summed E-state index contributed by atoms with van der Waals surface area (Å²) in [5.41, 5.74) is 2.15. The van der Waals surface area contributed by atoms with E-state index in [1.807, 2.05) is 0 Å². The van der Waals surface area contributed by atoms with Crippen molar-refractivity contribution in [2.75, 3.05) is 0 Å². The number of halogens is 2. The smallest absolute Gasteiger partial charge is 0.274 e. The number of amides is 1. The van der Waals surface area contributed by atoms with Gasteiger partial charge in [-0.25, -0.2) is 9.82 Å². The Morgan fingerprint density at radius 1 is 1.33 bits per heavy atom. The highest BCUT2D eigenvalue weighted by Gasteiger charge is 2.09. The molecule has 4 nitrogen and oxygen atoms in total. The van der Waals surface area contributed by atoms with E-state index >= 15 is 0 Å². The van der Waals surface area contributed by atoms with Crippen LogP contribution in [-0.2, 0) is 0 Å². The summed E-state index contributed by atoms with van der Waals surface area (Å²) in [5, 5.41) is 3.67. The third-order valence-electron chi connectivity index (χ3n) is 2.07. The van der Waals surface area contributed by atoms with E-state index in [4.69, 9.17) is 4.42 Å². The summed E-state index contributed by atoms with van der Waals surface area (Å²) in [6.07, 6.45) is 1.32. The molecule has 0 spiro atoms. The Balaban J connectivity index is 2.01. The van der Waals surface area contributed by atoms with E-state index in [-0.39, 0.29) is 5.56 Å². The lowest BCUT2D eigenvalue weighted by Gasteiger charge is -1.99. The van der Waals surface area contributed by atoms with Gasteiger partial charge in [-0.3, -0.25) is 4.79 Å². The minimum absolute atomic E-state index is 0.0599. The first kappa shape index (κ1) is 12.5. The van der Waals surface area contributed by atoms with Gasteiger partial charge in [-0.2, -0.15) is 5.10 Å². The number of hydrazone groups is 1. The summed E-state index contributed by atoms with van der Waals surface area (Å²) in [6.45, 7) is 0. The summed E-state index contributed by atoms with van der Waals surface area (Å²) in [4.78, 5) is 11.6. The number of benzene rings is 1. The Morgan fingerprint density at radius 2 is 2.11 bits per heavy atom. The van der Waals surface area contributed by atoms with Gasteiger partial charge in [0.05, 0.1) is 11.8 Å². The van der Waals surface area contributed by atoms with Crippen LogP contribution in [-0.4, -0.2) is 12.1 Å². The molecule has 0 atom stereocenters. The molecule has 1 aromatic heterocycles. The summed E-state index contributed by atoms with van der Waals surface area (Å²) >= 11 is 3.13. The van der Waals surface area contributed by atoms with Gasteiger partial charge >= 0.3 is 0 Å². The maximum Gasteiger partial charge on any atom is 0.274 e. The van der Waals surface area contributed by atoms with Crippen molar-refractivity contribution in [2.24, 2.45) is 5.10 Å². The van der Waals surface area contributed by atoms with Crippen LogP contribution in [0.4, 0.5) is 4.39 Å². The van der Waals surface area contributed by atoms with Gasteiger partial charge < -0.3 is 4.42 Å². The zero-order chi connectivity index (χ0) is 13.0. The SMILES string of the molecule is O=C(N/N=C\c1ccc(Br)o1)c1ccccc1F. The predicted molar refractivity (Wildman–Crippen MR) is 67.9 cm³/mol. The van der Waals surface area contributed by atoms with Crippen LogP contribution in [0.25, 0.3) is 0 Å². The summed E-state index contributed by atoms with van der Waals surface area (Å²) in [6, 6.07) is 9.04. The lowest BCUT2D eigenvalue weighted by Crippen LogP contribution is -2.18. The van der Waals surface area contributed by atoms with Crippen LogP contribution in [0, 0.1) is 5.82 Å². The Kier molecular flexibility index (Phi) is 3.88. The van der Waals surface area contributed by atoms with Crippen LogP contribution in [0.3, 0.4) is 0 Å². The molecule has 0 saturated carbocycles. The van der Waals surface area contributed by atoms with Crippen molar-refractivity contribution in [1.82, 2.24) is 5.43 Å². The molecule has 1 amide bonds. The van der Waals surface area contributed by atoms with Crippen LogP contribution in [0.1, 0.15) is 16.1 Å². The van der Waals surface area contributed by atoms with E-state index < -0.39 is 11.7 Å². The number of furan rings is 1. The summed E-state index contributed by atoms with van der Waals surface area (Å²) in [7, 11) is 0. The first-order valence-corrected chi connectivity index (χ1v) is 5.79. The number of carbonyl (C=O) groups is 1. The topological polar surface area (TPSA) is 54.6 Å². The molecule has 0 fully saturated rings. The van der Waals surface area contributed by atoms with Crippen LogP contribution in [0.2, 0.25) is 0 Å². The Morgan fingerprint density at radius 3 is 2.78 bits per heavy atom. The fourth-order valence-corrected chi connectivity index (χ4v) is 1.58. The van der Waals surface area contributed by atoms with E-state index in [1.165, 1.54) is 24.4 Å². The van der Waals surface area contributed by atoms with Crippen molar-refractivity contribution in [1.29, 1.82) is 0 Å². The van der Waals surface area contributed by atoms with Crippen molar-refractivity contribution in [3.05, 3.63) is 58.2 Å². The fourth-order valence-electron chi connectivity index (χ4n) is 1.26. The van der Waals surface area contributed by atoms with Crippen molar-refractivity contribution in [3.63, 3.8) is 0 Å². The highest BCUT2D eigenvalue weighted by atomic mass is 79.9. The molecule has 92 valence electrons. The third-order valence-corrected chi connectivity index (χ3v) is 2.50. The number of nitrogens with one attached hydrogen (secondary N) is 1. The van der Waals surface area contributed by atoms with Gasteiger partial charge in [-0.15, -0.1) is 0 Å². The van der Waals surface area contributed by atoms with Gasteiger partial charge in [0, 0.05) is 0 Å². The second-order valence-electron chi connectivity index (χ2n) is 3.32. The number of nitrogens with zero attached hydrogens (tertiary/aromatic N) is 1. The predicted octanol–water partition coefficient (Wildman–Crippen LogP) is 2.95. The van der Waals surface area contributed by atoms with E-state index in [0.717, 1.165) is 0 Å². The zero-order valence-electron chi connectivity index (χ0n) is 9.06. The van der Waals surface area contributed by atoms with Crippen LogP contribution >= 0.6 is 15.9 Å². The highest BCUT2D eigenvalue weighted by molar-refractivity contribution is 9.10. The molecule has 1 heterocycles. The summed E-state index contributed by atoms with van der Waals surface area (Å²) < 4.78 is 19.0. The number of rotatable bonds is 3. The van der Waals surface area contributed by atoms with Crippen molar-refractivity contribution < 1.29 is 13.6 Å². The molecule has 18 heavy (non-hydrogen) atoms. The quantitative estimate of drug-likeness (QED) is 0.700.